The molecule has 0 aliphatic rings. The molecule has 0 N–H and O–H groups in total. The fourth-order valence-electron chi connectivity index (χ4n) is 2.22. The first kappa shape index (κ1) is 17.4. The van der Waals surface area contributed by atoms with E-state index in [4.69, 9.17) is 4.74 Å². The monoisotopic (exact) mass is 329 g/mol. The molecule has 0 aliphatic carbocycles. The van der Waals surface area contributed by atoms with Gasteiger partial charge in [-0.1, -0.05) is 30.3 Å². The molecule has 0 heterocycles. The van der Waals surface area contributed by atoms with Crippen molar-refractivity contribution in [3.05, 3.63) is 60.2 Å². The molecule has 1 unspecified atom stereocenters. The summed E-state index contributed by atoms with van der Waals surface area (Å²) in [6.07, 6.45) is 0. The Morgan fingerprint density at radius 3 is 2.39 bits per heavy atom. The van der Waals surface area contributed by atoms with Crippen molar-refractivity contribution in [2.24, 2.45) is 0 Å². The van der Waals surface area contributed by atoms with Crippen molar-refractivity contribution in [3.8, 4) is 5.75 Å². The molecule has 0 saturated carbocycles. The Kier molecular flexibility index (Phi) is 6.53. The van der Waals surface area contributed by atoms with Gasteiger partial charge >= 0.3 is 0 Å². The summed E-state index contributed by atoms with van der Waals surface area (Å²) < 4.78 is 5.42. The summed E-state index contributed by atoms with van der Waals surface area (Å²) in [7, 11) is 1.86. The van der Waals surface area contributed by atoms with Gasteiger partial charge in [0.05, 0.1) is 18.4 Å². The first-order valence-corrected chi connectivity index (χ1v) is 8.76. The summed E-state index contributed by atoms with van der Waals surface area (Å²) in [4.78, 5) is 15.3. The Balaban J connectivity index is 1.88. The van der Waals surface area contributed by atoms with Gasteiger partial charge in [0.25, 0.3) is 0 Å². The second-order valence-corrected chi connectivity index (χ2v) is 6.33. The number of hydrogen-bond donors (Lipinski definition) is 0. The van der Waals surface area contributed by atoms with Crippen LogP contribution in [0.5, 0.6) is 5.75 Å². The summed E-state index contributed by atoms with van der Waals surface area (Å²) in [6.45, 7) is 4.67. The van der Waals surface area contributed by atoms with Crippen molar-refractivity contribution in [2.75, 3.05) is 19.4 Å². The number of thioether (sulfide) groups is 1. The van der Waals surface area contributed by atoms with Gasteiger partial charge in [-0.2, -0.15) is 0 Å². The molecule has 4 heteroatoms. The number of carbonyl (C=O) groups excluding carboxylic acids is 1. The van der Waals surface area contributed by atoms with Crippen LogP contribution in [0.4, 0.5) is 0 Å². The standard InChI is InChI=1S/C19H23NO2S/c1-4-22-17-10-12-18(13-11-17)23-14-19(21)20(3)15(2)16-8-6-5-7-9-16/h5-13,15H,4,14H2,1-3H3. The molecule has 122 valence electrons. The van der Waals surface area contributed by atoms with Gasteiger partial charge in [-0.05, 0) is 43.7 Å². The second kappa shape index (κ2) is 8.63. The lowest BCUT2D eigenvalue weighted by molar-refractivity contribution is -0.128. The van der Waals surface area contributed by atoms with Crippen LogP contribution in [0.15, 0.2) is 59.5 Å². The zero-order chi connectivity index (χ0) is 16.7. The van der Waals surface area contributed by atoms with E-state index in [1.54, 1.807) is 16.7 Å². The van der Waals surface area contributed by atoms with Crippen molar-refractivity contribution in [1.82, 2.24) is 4.90 Å². The van der Waals surface area contributed by atoms with Crippen molar-refractivity contribution < 1.29 is 9.53 Å². The van der Waals surface area contributed by atoms with Crippen LogP contribution in [0.25, 0.3) is 0 Å². The van der Waals surface area contributed by atoms with E-state index in [9.17, 15) is 4.79 Å². The van der Waals surface area contributed by atoms with E-state index in [0.717, 1.165) is 16.2 Å². The third kappa shape index (κ3) is 5.03. The molecule has 0 spiro atoms. The summed E-state index contributed by atoms with van der Waals surface area (Å²) in [6, 6.07) is 18.0. The Bertz CT molecular complexity index is 613. The fraction of sp³-hybridized carbons (Fsp3) is 0.316. The largest absolute Gasteiger partial charge is 0.494 e. The zero-order valence-electron chi connectivity index (χ0n) is 13.9. The van der Waals surface area contributed by atoms with E-state index in [0.29, 0.717) is 12.4 Å². The third-order valence-corrected chi connectivity index (χ3v) is 4.75. The molecule has 2 rings (SSSR count). The van der Waals surface area contributed by atoms with Crippen molar-refractivity contribution in [2.45, 2.75) is 24.8 Å². The van der Waals surface area contributed by atoms with E-state index in [2.05, 4.69) is 6.92 Å². The van der Waals surface area contributed by atoms with Gasteiger partial charge in [-0.15, -0.1) is 11.8 Å². The molecular weight excluding hydrogens is 306 g/mol. The molecule has 0 saturated heterocycles. The van der Waals surface area contributed by atoms with E-state index in [1.807, 2.05) is 68.6 Å². The predicted molar refractivity (Wildman–Crippen MR) is 96.0 cm³/mol. The van der Waals surface area contributed by atoms with Gasteiger partial charge in [0.15, 0.2) is 0 Å². The summed E-state index contributed by atoms with van der Waals surface area (Å²) in [5.74, 6) is 1.42. The number of ether oxygens (including phenoxy) is 1. The number of amides is 1. The van der Waals surface area contributed by atoms with Crippen molar-refractivity contribution >= 4 is 17.7 Å². The summed E-state index contributed by atoms with van der Waals surface area (Å²) >= 11 is 1.55. The van der Waals surface area contributed by atoms with E-state index in [1.165, 1.54) is 0 Å². The maximum Gasteiger partial charge on any atom is 0.233 e. The molecule has 2 aromatic rings. The van der Waals surface area contributed by atoms with Gasteiger partial charge < -0.3 is 9.64 Å². The van der Waals surface area contributed by atoms with E-state index < -0.39 is 0 Å². The SMILES string of the molecule is CCOc1ccc(SCC(=O)N(C)C(C)c2ccccc2)cc1. The lowest BCUT2D eigenvalue weighted by Gasteiger charge is -2.25. The van der Waals surface area contributed by atoms with Crippen LogP contribution in [0.3, 0.4) is 0 Å². The maximum atomic E-state index is 12.4. The molecular formula is C19H23NO2S. The zero-order valence-corrected chi connectivity index (χ0v) is 14.7. The minimum atomic E-state index is 0.0737. The highest BCUT2D eigenvalue weighted by Crippen LogP contribution is 2.24. The number of benzene rings is 2. The van der Waals surface area contributed by atoms with Crippen LogP contribution in [0.1, 0.15) is 25.5 Å². The minimum absolute atomic E-state index is 0.0737. The van der Waals surface area contributed by atoms with Crippen LogP contribution in [0.2, 0.25) is 0 Å². The number of rotatable bonds is 7. The van der Waals surface area contributed by atoms with E-state index in [-0.39, 0.29) is 11.9 Å². The Hall–Kier alpha value is -1.94. The molecule has 23 heavy (non-hydrogen) atoms. The summed E-state index contributed by atoms with van der Waals surface area (Å²) in [5.41, 5.74) is 1.15. The smallest absolute Gasteiger partial charge is 0.233 e. The van der Waals surface area contributed by atoms with Gasteiger partial charge in [0.1, 0.15) is 5.75 Å². The van der Waals surface area contributed by atoms with Crippen LogP contribution >= 0.6 is 11.8 Å². The summed E-state index contributed by atoms with van der Waals surface area (Å²) in [5, 5.41) is 0. The van der Waals surface area contributed by atoms with Gasteiger partial charge in [0.2, 0.25) is 5.91 Å². The quantitative estimate of drug-likeness (QED) is 0.705. The molecule has 2 aromatic carbocycles. The van der Waals surface area contributed by atoms with Crippen LogP contribution in [0, 0.1) is 0 Å². The second-order valence-electron chi connectivity index (χ2n) is 5.28. The highest BCUT2D eigenvalue weighted by atomic mass is 32.2. The first-order valence-electron chi connectivity index (χ1n) is 7.78. The maximum absolute atomic E-state index is 12.4. The van der Waals surface area contributed by atoms with Crippen molar-refractivity contribution in [3.63, 3.8) is 0 Å². The topological polar surface area (TPSA) is 29.5 Å². The lowest BCUT2D eigenvalue weighted by Crippen LogP contribution is -2.31. The van der Waals surface area contributed by atoms with E-state index >= 15 is 0 Å². The van der Waals surface area contributed by atoms with Crippen LogP contribution < -0.4 is 4.74 Å². The van der Waals surface area contributed by atoms with Gasteiger partial charge in [0, 0.05) is 11.9 Å². The number of nitrogens with zero attached hydrogens (tertiary/aromatic N) is 1. The average molecular weight is 329 g/mol. The van der Waals surface area contributed by atoms with Crippen LogP contribution in [-0.4, -0.2) is 30.2 Å². The van der Waals surface area contributed by atoms with Crippen molar-refractivity contribution in [1.29, 1.82) is 0 Å². The molecule has 0 aliphatic heterocycles. The number of hydrogen-bond acceptors (Lipinski definition) is 3. The normalized spacial score (nSPS) is 11.8. The molecule has 3 nitrogen and oxygen atoms in total. The fourth-order valence-corrected chi connectivity index (χ4v) is 3.04. The Morgan fingerprint density at radius 1 is 1.13 bits per heavy atom. The molecule has 1 amide bonds. The average Bonchev–Trinajstić information content (AvgIpc) is 2.60. The Labute approximate surface area is 142 Å². The van der Waals surface area contributed by atoms with Gasteiger partial charge in [-0.25, -0.2) is 0 Å². The first-order chi connectivity index (χ1) is 11.1. The highest BCUT2D eigenvalue weighted by molar-refractivity contribution is 8.00. The molecule has 0 bridgehead atoms. The van der Waals surface area contributed by atoms with Crippen LogP contribution in [-0.2, 0) is 4.79 Å². The lowest BCUT2D eigenvalue weighted by atomic mass is 10.1. The minimum Gasteiger partial charge on any atom is -0.494 e. The predicted octanol–water partition coefficient (Wildman–Crippen LogP) is 4.40. The molecule has 0 fully saturated rings. The Morgan fingerprint density at radius 2 is 1.78 bits per heavy atom. The highest BCUT2D eigenvalue weighted by Gasteiger charge is 2.17. The third-order valence-electron chi connectivity index (χ3n) is 3.75. The number of carbonyl (C=O) groups is 1. The molecule has 0 aromatic heterocycles. The van der Waals surface area contributed by atoms with Gasteiger partial charge in [-0.3, -0.25) is 4.79 Å². The molecule has 0 radical (unpaired) electrons. The molecule has 1 atom stereocenters.